The normalized spacial score (nSPS) is 23.7. The zero-order valence-corrected chi connectivity index (χ0v) is 17.2. The van der Waals surface area contributed by atoms with Gasteiger partial charge in [0.25, 0.3) is 5.91 Å². The van der Waals surface area contributed by atoms with Gasteiger partial charge in [0.15, 0.2) is 0 Å². The smallest absolute Gasteiger partial charge is 0.251 e. The van der Waals surface area contributed by atoms with Crippen molar-refractivity contribution in [3.63, 3.8) is 0 Å². The van der Waals surface area contributed by atoms with Crippen LogP contribution in [0.2, 0.25) is 10.0 Å². The Morgan fingerprint density at radius 1 is 1.27 bits per heavy atom. The number of hydrogen-bond donors (Lipinski definition) is 2. The van der Waals surface area contributed by atoms with E-state index in [1.807, 2.05) is 0 Å². The highest BCUT2D eigenvalue weighted by atomic mass is 35.5. The van der Waals surface area contributed by atoms with Crippen molar-refractivity contribution in [1.82, 2.24) is 10.2 Å². The molecule has 2 unspecified atom stereocenters. The Kier molecular flexibility index (Phi) is 5.60. The molecule has 1 spiro atoms. The second-order valence-corrected chi connectivity index (χ2v) is 9.81. The first-order valence-corrected chi connectivity index (χ1v) is 10.0. The molecule has 6 heteroatoms. The van der Waals surface area contributed by atoms with Crippen molar-refractivity contribution in [3.05, 3.63) is 33.8 Å². The molecule has 26 heavy (non-hydrogen) atoms. The van der Waals surface area contributed by atoms with Gasteiger partial charge in [-0.25, -0.2) is 0 Å². The van der Waals surface area contributed by atoms with Crippen molar-refractivity contribution >= 4 is 29.1 Å². The molecule has 1 heterocycles. The fourth-order valence-corrected chi connectivity index (χ4v) is 4.26. The molecule has 1 aromatic carbocycles. The van der Waals surface area contributed by atoms with Gasteiger partial charge in [0.2, 0.25) is 0 Å². The molecule has 2 N–H and O–H groups in total. The van der Waals surface area contributed by atoms with Crippen LogP contribution in [0.4, 0.5) is 0 Å². The van der Waals surface area contributed by atoms with Crippen molar-refractivity contribution in [2.45, 2.75) is 52.2 Å². The molecule has 1 aromatic rings. The minimum Gasteiger partial charge on any atom is -0.391 e. The standard InChI is InChI=1S/C20H28Cl2N2O2/c1-19(2,3)17(25)12-24-6-4-20(5-7-24)11-16(20)23-18(26)13-8-14(21)10-15(22)9-13/h8-10,16-17,25H,4-7,11-12H2,1-3H3,(H,23,26). The molecule has 0 aromatic heterocycles. The lowest BCUT2D eigenvalue weighted by atomic mass is 9.87. The van der Waals surface area contributed by atoms with Crippen LogP contribution < -0.4 is 5.32 Å². The summed E-state index contributed by atoms with van der Waals surface area (Å²) in [6.07, 6.45) is 2.83. The second kappa shape index (κ2) is 7.31. The summed E-state index contributed by atoms with van der Waals surface area (Å²) >= 11 is 12.0. The highest BCUT2D eigenvalue weighted by Crippen LogP contribution is 2.54. The molecule has 0 radical (unpaired) electrons. The SMILES string of the molecule is CC(C)(C)C(O)CN1CCC2(CC1)CC2NC(=O)c1cc(Cl)cc(Cl)c1. The quantitative estimate of drug-likeness (QED) is 0.805. The first-order chi connectivity index (χ1) is 12.1. The van der Waals surface area contributed by atoms with Crippen LogP contribution in [0.5, 0.6) is 0 Å². The average molecular weight is 399 g/mol. The molecule has 3 rings (SSSR count). The third-order valence-corrected chi connectivity index (χ3v) is 6.34. The summed E-state index contributed by atoms with van der Waals surface area (Å²) in [5, 5.41) is 14.4. The highest BCUT2D eigenvalue weighted by Gasteiger charge is 2.55. The third-order valence-electron chi connectivity index (χ3n) is 5.90. The van der Waals surface area contributed by atoms with Gasteiger partial charge in [-0.1, -0.05) is 44.0 Å². The molecule has 4 nitrogen and oxygen atoms in total. The number of β-amino-alcohol motifs (C(OH)–C–C–N with tert-alkyl or cyclic N) is 1. The van der Waals surface area contributed by atoms with Gasteiger partial charge >= 0.3 is 0 Å². The van der Waals surface area contributed by atoms with Gasteiger partial charge in [-0.05, 0) is 61.4 Å². The zero-order chi connectivity index (χ0) is 19.1. The van der Waals surface area contributed by atoms with Crippen LogP contribution in [-0.4, -0.2) is 47.7 Å². The Balaban J connectivity index is 1.50. The van der Waals surface area contributed by atoms with Crippen LogP contribution in [0.25, 0.3) is 0 Å². The van der Waals surface area contributed by atoms with E-state index >= 15 is 0 Å². The number of carbonyl (C=O) groups excluding carboxylic acids is 1. The molecule has 1 saturated heterocycles. The summed E-state index contributed by atoms with van der Waals surface area (Å²) in [5.41, 5.74) is 0.639. The van der Waals surface area contributed by atoms with Crippen LogP contribution in [0.1, 0.15) is 50.4 Å². The molecular weight excluding hydrogens is 371 g/mol. The summed E-state index contributed by atoms with van der Waals surface area (Å²) in [4.78, 5) is 14.8. The van der Waals surface area contributed by atoms with Crippen LogP contribution in [0.3, 0.4) is 0 Å². The molecule has 2 fully saturated rings. The Morgan fingerprint density at radius 2 is 1.85 bits per heavy atom. The van der Waals surface area contributed by atoms with Crippen molar-refractivity contribution in [2.24, 2.45) is 10.8 Å². The average Bonchev–Trinajstić information content (AvgIpc) is 3.19. The second-order valence-electron chi connectivity index (χ2n) is 8.93. The molecule has 1 aliphatic heterocycles. The maximum atomic E-state index is 12.5. The summed E-state index contributed by atoms with van der Waals surface area (Å²) in [5.74, 6) is -0.109. The van der Waals surface area contributed by atoms with Crippen molar-refractivity contribution in [3.8, 4) is 0 Å². The van der Waals surface area contributed by atoms with Crippen LogP contribution in [-0.2, 0) is 0 Å². The predicted octanol–water partition coefficient (Wildman–Crippen LogP) is 3.98. The van der Waals surface area contributed by atoms with E-state index in [0.717, 1.165) is 38.9 Å². The van der Waals surface area contributed by atoms with Gasteiger partial charge in [0.1, 0.15) is 0 Å². The lowest BCUT2D eigenvalue weighted by molar-refractivity contribution is 0.0166. The summed E-state index contributed by atoms with van der Waals surface area (Å²) in [7, 11) is 0. The molecule has 2 atom stereocenters. The number of aliphatic hydroxyl groups excluding tert-OH is 1. The Hall–Kier alpha value is -0.810. The lowest BCUT2D eigenvalue weighted by Gasteiger charge is -2.37. The monoisotopic (exact) mass is 398 g/mol. The van der Waals surface area contributed by atoms with Crippen molar-refractivity contribution < 1.29 is 9.90 Å². The molecule has 144 valence electrons. The minimum absolute atomic E-state index is 0.0938. The van der Waals surface area contributed by atoms with Gasteiger partial charge in [-0.2, -0.15) is 0 Å². The van der Waals surface area contributed by atoms with Crippen LogP contribution in [0.15, 0.2) is 18.2 Å². The number of aliphatic hydroxyl groups is 1. The first-order valence-electron chi connectivity index (χ1n) is 9.26. The number of nitrogens with one attached hydrogen (secondary N) is 1. The number of hydrogen-bond acceptors (Lipinski definition) is 3. The van der Waals surface area contributed by atoms with E-state index in [0.29, 0.717) is 15.6 Å². The Labute approximate surface area is 165 Å². The number of benzene rings is 1. The van der Waals surface area contributed by atoms with E-state index in [2.05, 4.69) is 31.0 Å². The molecule has 1 amide bonds. The Morgan fingerprint density at radius 3 is 2.38 bits per heavy atom. The summed E-state index contributed by atoms with van der Waals surface area (Å²) < 4.78 is 0. The Bertz CT molecular complexity index is 659. The van der Waals surface area contributed by atoms with Gasteiger partial charge < -0.3 is 15.3 Å². The first kappa shape index (κ1) is 19.9. The fourth-order valence-electron chi connectivity index (χ4n) is 3.73. The van der Waals surface area contributed by atoms with Gasteiger partial charge in [0, 0.05) is 28.2 Å². The lowest BCUT2D eigenvalue weighted by Crippen LogP contribution is -2.44. The maximum Gasteiger partial charge on any atom is 0.251 e. The van der Waals surface area contributed by atoms with E-state index in [1.165, 1.54) is 0 Å². The number of likely N-dealkylation sites (tertiary alicyclic amines) is 1. The number of halogens is 2. The number of amides is 1. The summed E-state index contributed by atoms with van der Waals surface area (Å²) in [6.45, 7) is 8.87. The number of carbonyl (C=O) groups is 1. The largest absolute Gasteiger partial charge is 0.391 e. The molecule has 0 bridgehead atoms. The number of piperidine rings is 1. The molecular formula is C20H28Cl2N2O2. The topological polar surface area (TPSA) is 52.6 Å². The predicted molar refractivity (Wildman–Crippen MR) is 106 cm³/mol. The van der Waals surface area contributed by atoms with Gasteiger partial charge in [-0.15, -0.1) is 0 Å². The molecule has 1 saturated carbocycles. The van der Waals surface area contributed by atoms with E-state index in [1.54, 1.807) is 18.2 Å². The van der Waals surface area contributed by atoms with E-state index in [4.69, 9.17) is 23.2 Å². The number of nitrogens with zero attached hydrogens (tertiary/aromatic N) is 1. The molecule has 2 aliphatic rings. The van der Waals surface area contributed by atoms with E-state index in [9.17, 15) is 9.90 Å². The molecule has 1 aliphatic carbocycles. The zero-order valence-electron chi connectivity index (χ0n) is 15.7. The van der Waals surface area contributed by atoms with Gasteiger partial charge in [0.05, 0.1) is 6.10 Å². The number of rotatable bonds is 4. The fraction of sp³-hybridized carbons (Fsp3) is 0.650. The van der Waals surface area contributed by atoms with Gasteiger partial charge in [-0.3, -0.25) is 4.79 Å². The summed E-state index contributed by atoms with van der Waals surface area (Å²) in [6, 6.07) is 5.14. The van der Waals surface area contributed by atoms with Crippen molar-refractivity contribution in [2.75, 3.05) is 19.6 Å². The minimum atomic E-state index is -0.321. The van der Waals surface area contributed by atoms with E-state index in [-0.39, 0.29) is 28.9 Å². The van der Waals surface area contributed by atoms with Crippen LogP contribution in [0, 0.1) is 10.8 Å². The van der Waals surface area contributed by atoms with Crippen molar-refractivity contribution in [1.29, 1.82) is 0 Å². The third kappa shape index (κ3) is 4.53. The highest BCUT2D eigenvalue weighted by molar-refractivity contribution is 6.35. The van der Waals surface area contributed by atoms with E-state index < -0.39 is 0 Å². The van der Waals surface area contributed by atoms with Crippen LogP contribution >= 0.6 is 23.2 Å². The maximum absolute atomic E-state index is 12.5.